The van der Waals surface area contributed by atoms with Gasteiger partial charge in [-0.25, -0.2) is 4.98 Å². The lowest BCUT2D eigenvalue weighted by atomic mass is 10.4. The standard InChI is InChI=1S/C12H20N4O2S/c1-4-6-8-19-11-10(16(17)18)9(3)14-12(15-11)13-7-5-2/h4-8H2,1-3H3,(H,13,14,15). The SMILES string of the molecule is CCCCSc1nc(NCCC)nc(C)c1[N+](=O)[O-]. The molecule has 106 valence electrons. The molecule has 0 spiro atoms. The summed E-state index contributed by atoms with van der Waals surface area (Å²) in [6, 6.07) is 0. The quantitative estimate of drug-likeness (QED) is 0.259. The molecule has 0 atom stereocenters. The van der Waals surface area contributed by atoms with Crippen molar-refractivity contribution in [2.24, 2.45) is 0 Å². The van der Waals surface area contributed by atoms with Crippen molar-refractivity contribution in [2.75, 3.05) is 17.6 Å². The molecule has 0 saturated carbocycles. The van der Waals surface area contributed by atoms with E-state index in [4.69, 9.17) is 0 Å². The van der Waals surface area contributed by atoms with Gasteiger partial charge in [-0.05, 0) is 25.5 Å². The second kappa shape index (κ2) is 7.93. The number of hydrogen-bond donors (Lipinski definition) is 1. The van der Waals surface area contributed by atoms with Crippen LogP contribution in [0.25, 0.3) is 0 Å². The van der Waals surface area contributed by atoms with Gasteiger partial charge >= 0.3 is 5.69 Å². The summed E-state index contributed by atoms with van der Waals surface area (Å²) in [6.45, 7) is 6.55. The molecule has 19 heavy (non-hydrogen) atoms. The Labute approximate surface area is 117 Å². The van der Waals surface area contributed by atoms with Crippen molar-refractivity contribution in [3.8, 4) is 0 Å². The van der Waals surface area contributed by atoms with Crippen LogP contribution < -0.4 is 5.32 Å². The molecule has 1 aromatic heterocycles. The van der Waals surface area contributed by atoms with E-state index in [1.54, 1.807) is 6.92 Å². The summed E-state index contributed by atoms with van der Waals surface area (Å²) < 4.78 is 0. The highest BCUT2D eigenvalue weighted by Crippen LogP contribution is 2.31. The summed E-state index contributed by atoms with van der Waals surface area (Å²) in [6.07, 6.45) is 3.03. The number of nitro groups is 1. The molecule has 0 saturated heterocycles. The molecule has 0 aliphatic rings. The summed E-state index contributed by atoms with van der Waals surface area (Å²) in [7, 11) is 0. The third kappa shape index (κ3) is 4.66. The fraction of sp³-hybridized carbons (Fsp3) is 0.667. The van der Waals surface area contributed by atoms with Gasteiger partial charge in [0.25, 0.3) is 0 Å². The van der Waals surface area contributed by atoms with E-state index < -0.39 is 4.92 Å². The molecule has 6 nitrogen and oxygen atoms in total. The third-order valence-electron chi connectivity index (χ3n) is 2.48. The van der Waals surface area contributed by atoms with E-state index in [-0.39, 0.29) is 5.69 Å². The number of rotatable bonds is 8. The predicted molar refractivity (Wildman–Crippen MR) is 77.8 cm³/mol. The highest BCUT2D eigenvalue weighted by molar-refractivity contribution is 7.99. The van der Waals surface area contributed by atoms with E-state index in [0.717, 1.165) is 31.6 Å². The molecule has 1 heterocycles. The zero-order chi connectivity index (χ0) is 14.3. The first-order chi connectivity index (χ1) is 9.10. The van der Waals surface area contributed by atoms with Crippen LogP contribution in [0.3, 0.4) is 0 Å². The van der Waals surface area contributed by atoms with Crippen LogP contribution in [0.15, 0.2) is 5.03 Å². The van der Waals surface area contributed by atoms with Gasteiger partial charge in [-0.15, -0.1) is 0 Å². The number of hydrogen-bond acceptors (Lipinski definition) is 6. The van der Waals surface area contributed by atoms with Crippen molar-refractivity contribution < 1.29 is 4.92 Å². The topological polar surface area (TPSA) is 81.0 Å². The fourth-order valence-corrected chi connectivity index (χ4v) is 2.62. The lowest BCUT2D eigenvalue weighted by Gasteiger charge is -2.08. The average molecular weight is 284 g/mol. The molecule has 0 fully saturated rings. The number of aryl methyl sites for hydroxylation is 1. The predicted octanol–water partition coefficient (Wildman–Crippen LogP) is 3.41. The Morgan fingerprint density at radius 3 is 2.63 bits per heavy atom. The van der Waals surface area contributed by atoms with Gasteiger partial charge in [0.05, 0.1) is 4.92 Å². The van der Waals surface area contributed by atoms with Gasteiger partial charge < -0.3 is 5.32 Å². The second-order valence-electron chi connectivity index (χ2n) is 4.17. The lowest BCUT2D eigenvalue weighted by molar-refractivity contribution is -0.389. The molecule has 1 aromatic rings. The van der Waals surface area contributed by atoms with Crippen LogP contribution in [0.1, 0.15) is 38.8 Å². The van der Waals surface area contributed by atoms with E-state index >= 15 is 0 Å². The maximum atomic E-state index is 11.1. The minimum Gasteiger partial charge on any atom is -0.354 e. The first kappa shape index (κ1) is 15.7. The van der Waals surface area contributed by atoms with Gasteiger partial charge in [-0.1, -0.05) is 32.0 Å². The van der Waals surface area contributed by atoms with Crippen LogP contribution in [-0.4, -0.2) is 27.2 Å². The molecule has 0 aromatic carbocycles. The summed E-state index contributed by atoms with van der Waals surface area (Å²) >= 11 is 1.43. The molecular weight excluding hydrogens is 264 g/mol. The molecule has 0 radical (unpaired) electrons. The van der Waals surface area contributed by atoms with Gasteiger partial charge in [-0.2, -0.15) is 4.98 Å². The average Bonchev–Trinajstić information content (AvgIpc) is 2.35. The molecule has 7 heteroatoms. The van der Waals surface area contributed by atoms with Crippen molar-refractivity contribution >= 4 is 23.4 Å². The van der Waals surface area contributed by atoms with Crippen molar-refractivity contribution in [2.45, 2.75) is 45.1 Å². The number of nitrogens with zero attached hydrogens (tertiary/aromatic N) is 3. The van der Waals surface area contributed by atoms with Gasteiger partial charge in [0.1, 0.15) is 5.69 Å². The highest BCUT2D eigenvalue weighted by Gasteiger charge is 2.22. The van der Waals surface area contributed by atoms with Gasteiger partial charge in [0.15, 0.2) is 5.03 Å². The fourth-order valence-electron chi connectivity index (χ4n) is 1.48. The van der Waals surface area contributed by atoms with Crippen LogP contribution >= 0.6 is 11.8 Å². The zero-order valence-corrected chi connectivity index (χ0v) is 12.4. The maximum absolute atomic E-state index is 11.1. The summed E-state index contributed by atoms with van der Waals surface area (Å²) in [5.74, 6) is 1.31. The maximum Gasteiger partial charge on any atom is 0.322 e. The summed E-state index contributed by atoms with van der Waals surface area (Å²) in [5, 5.41) is 14.6. The number of unbranched alkanes of at least 4 members (excludes halogenated alkanes) is 1. The molecule has 0 amide bonds. The van der Waals surface area contributed by atoms with Gasteiger partial charge in [0.2, 0.25) is 5.95 Å². The van der Waals surface area contributed by atoms with Crippen LogP contribution in [0.5, 0.6) is 0 Å². The Balaban J connectivity index is 2.99. The minimum atomic E-state index is -0.396. The number of aromatic nitrogens is 2. The zero-order valence-electron chi connectivity index (χ0n) is 11.6. The Hall–Kier alpha value is -1.37. The van der Waals surface area contributed by atoms with Crippen LogP contribution in [0.4, 0.5) is 11.6 Å². The second-order valence-corrected chi connectivity index (χ2v) is 5.26. The summed E-state index contributed by atoms with van der Waals surface area (Å²) in [5.41, 5.74) is 0.445. The Kier molecular flexibility index (Phi) is 6.55. The van der Waals surface area contributed by atoms with Crippen LogP contribution in [-0.2, 0) is 0 Å². The molecule has 0 aliphatic carbocycles. The molecular formula is C12H20N4O2S. The van der Waals surface area contributed by atoms with E-state index in [9.17, 15) is 10.1 Å². The molecule has 1 N–H and O–H groups in total. The molecule has 0 unspecified atom stereocenters. The largest absolute Gasteiger partial charge is 0.354 e. The van der Waals surface area contributed by atoms with Gasteiger partial charge in [-0.3, -0.25) is 10.1 Å². The Morgan fingerprint density at radius 2 is 2.05 bits per heavy atom. The smallest absolute Gasteiger partial charge is 0.322 e. The number of nitrogens with one attached hydrogen (secondary N) is 1. The van der Waals surface area contributed by atoms with E-state index in [1.165, 1.54) is 11.8 Å². The normalized spacial score (nSPS) is 10.5. The molecule has 0 bridgehead atoms. The minimum absolute atomic E-state index is 0.0307. The van der Waals surface area contributed by atoms with E-state index in [0.29, 0.717) is 16.7 Å². The lowest BCUT2D eigenvalue weighted by Crippen LogP contribution is -2.08. The molecule has 1 rings (SSSR count). The van der Waals surface area contributed by atoms with E-state index in [1.807, 2.05) is 6.92 Å². The Bertz CT molecular complexity index is 440. The van der Waals surface area contributed by atoms with Crippen molar-refractivity contribution in [3.05, 3.63) is 15.8 Å². The van der Waals surface area contributed by atoms with Crippen molar-refractivity contribution in [1.29, 1.82) is 0 Å². The van der Waals surface area contributed by atoms with Gasteiger partial charge in [0, 0.05) is 6.54 Å². The Morgan fingerprint density at radius 1 is 1.32 bits per heavy atom. The first-order valence-corrected chi connectivity index (χ1v) is 7.48. The third-order valence-corrected chi connectivity index (χ3v) is 3.53. The molecule has 0 aliphatic heterocycles. The summed E-state index contributed by atoms with van der Waals surface area (Å²) in [4.78, 5) is 19.1. The first-order valence-electron chi connectivity index (χ1n) is 6.49. The van der Waals surface area contributed by atoms with Crippen molar-refractivity contribution in [1.82, 2.24) is 9.97 Å². The van der Waals surface area contributed by atoms with Crippen molar-refractivity contribution in [3.63, 3.8) is 0 Å². The van der Waals surface area contributed by atoms with Crippen LogP contribution in [0, 0.1) is 17.0 Å². The monoisotopic (exact) mass is 284 g/mol. The van der Waals surface area contributed by atoms with Crippen LogP contribution in [0.2, 0.25) is 0 Å². The number of anilines is 1. The number of thioether (sulfide) groups is 1. The highest BCUT2D eigenvalue weighted by atomic mass is 32.2. The van der Waals surface area contributed by atoms with E-state index in [2.05, 4.69) is 22.2 Å².